The summed E-state index contributed by atoms with van der Waals surface area (Å²) in [5.41, 5.74) is 2.90. The number of aromatic amines is 1. The number of anilines is 2. The molecule has 0 unspecified atom stereocenters. The molecule has 0 saturated heterocycles. The van der Waals surface area contributed by atoms with Gasteiger partial charge in [-0.25, -0.2) is 9.78 Å². The second-order valence-corrected chi connectivity index (χ2v) is 5.16. The Kier molecular flexibility index (Phi) is 3.68. The van der Waals surface area contributed by atoms with Crippen LogP contribution in [0.5, 0.6) is 0 Å². The summed E-state index contributed by atoms with van der Waals surface area (Å²) >= 11 is 11.7. The van der Waals surface area contributed by atoms with Crippen LogP contribution in [0, 0.1) is 0 Å². The molecule has 0 aliphatic heterocycles. The van der Waals surface area contributed by atoms with Crippen LogP contribution in [-0.2, 0) is 0 Å². The summed E-state index contributed by atoms with van der Waals surface area (Å²) in [6.45, 7) is 0. The second kappa shape index (κ2) is 5.63. The minimum absolute atomic E-state index is 0.368. The van der Waals surface area contributed by atoms with Crippen LogP contribution >= 0.6 is 23.2 Å². The number of aromatic nitrogens is 2. The van der Waals surface area contributed by atoms with E-state index < -0.39 is 0 Å². The Hall–Kier alpha value is -2.24. The van der Waals surface area contributed by atoms with Gasteiger partial charge in [0.05, 0.1) is 27.4 Å². The lowest BCUT2D eigenvalue weighted by Crippen LogP contribution is -2.19. The Balaban J connectivity index is 1.71. The van der Waals surface area contributed by atoms with Crippen LogP contribution in [0.4, 0.5) is 16.2 Å². The van der Waals surface area contributed by atoms with Crippen LogP contribution in [0.2, 0.25) is 10.0 Å². The van der Waals surface area contributed by atoms with Gasteiger partial charge in [-0.3, -0.25) is 0 Å². The van der Waals surface area contributed by atoms with E-state index in [0.29, 0.717) is 21.4 Å². The number of hydrogen-bond donors (Lipinski definition) is 3. The van der Waals surface area contributed by atoms with Crippen molar-refractivity contribution in [2.75, 3.05) is 10.6 Å². The van der Waals surface area contributed by atoms with Crippen molar-refractivity contribution in [1.29, 1.82) is 0 Å². The number of H-pyrrole nitrogens is 1. The number of nitrogens with zero attached hydrogens (tertiary/aromatic N) is 1. The lowest BCUT2D eigenvalue weighted by molar-refractivity contribution is 0.262. The zero-order chi connectivity index (χ0) is 14.8. The number of urea groups is 1. The summed E-state index contributed by atoms with van der Waals surface area (Å²) < 4.78 is 0. The summed E-state index contributed by atoms with van der Waals surface area (Å²) in [6, 6.07) is 9.91. The molecule has 106 valence electrons. The highest BCUT2D eigenvalue weighted by Gasteiger charge is 2.06. The Morgan fingerprint density at radius 1 is 1.00 bits per heavy atom. The van der Waals surface area contributed by atoms with Crippen molar-refractivity contribution >= 4 is 51.6 Å². The highest BCUT2D eigenvalue weighted by Crippen LogP contribution is 2.25. The first-order chi connectivity index (χ1) is 10.1. The van der Waals surface area contributed by atoms with E-state index in [1.807, 2.05) is 6.07 Å². The van der Waals surface area contributed by atoms with Crippen LogP contribution in [-0.4, -0.2) is 16.0 Å². The fourth-order valence-corrected chi connectivity index (χ4v) is 2.18. The van der Waals surface area contributed by atoms with E-state index in [1.165, 1.54) is 0 Å². The summed E-state index contributed by atoms with van der Waals surface area (Å²) in [5, 5.41) is 6.23. The van der Waals surface area contributed by atoms with Crippen molar-refractivity contribution in [3.8, 4) is 0 Å². The van der Waals surface area contributed by atoms with E-state index in [2.05, 4.69) is 20.6 Å². The molecule has 3 aromatic rings. The standard InChI is InChI=1S/C14H10Cl2N4O/c15-10-3-1-8(5-11(10)16)19-14(21)20-9-2-4-12-13(6-9)18-7-17-12/h1-7H,(H,17,18)(H2,19,20,21). The molecular weight excluding hydrogens is 311 g/mol. The fraction of sp³-hybridized carbons (Fsp3) is 0. The predicted octanol–water partition coefficient (Wildman–Crippen LogP) is 4.51. The van der Waals surface area contributed by atoms with Gasteiger partial charge < -0.3 is 15.6 Å². The molecule has 0 fully saturated rings. The fourth-order valence-electron chi connectivity index (χ4n) is 1.88. The molecule has 0 bridgehead atoms. The highest BCUT2D eigenvalue weighted by atomic mass is 35.5. The number of halogens is 2. The molecule has 2 amide bonds. The lowest BCUT2D eigenvalue weighted by Gasteiger charge is -2.08. The lowest BCUT2D eigenvalue weighted by atomic mass is 10.3. The second-order valence-electron chi connectivity index (χ2n) is 4.34. The molecule has 0 spiro atoms. The van der Waals surface area contributed by atoms with E-state index in [-0.39, 0.29) is 6.03 Å². The van der Waals surface area contributed by atoms with Gasteiger partial charge in [-0.15, -0.1) is 0 Å². The molecule has 3 N–H and O–H groups in total. The van der Waals surface area contributed by atoms with Crippen molar-refractivity contribution in [1.82, 2.24) is 9.97 Å². The third-order valence-electron chi connectivity index (χ3n) is 2.86. The third kappa shape index (κ3) is 3.09. The first kappa shape index (κ1) is 13.7. The zero-order valence-corrected chi connectivity index (χ0v) is 12.2. The average Bonchev–Trinajstić information content (AvgIpc) is 2.90. The van der Waals surface area contributed by atoms with Crippen molar-refractivity contribution < 1.29 is 4.79 Å². The van der Waals surface area contributed by atoms with E-state index in [9.17, 15) is 4.79 Å². The number of carbonyl (C=O) groups excluding carboxylic acids is 1. The van der Waals surface area contributed by atoms with Crippen LogP contribution in [0.3, 0.4) is 0 Å². The average molecular weight is 321 g/mol. The topological polar surface area (TPSA) is 69.8 Å². The number of amides is 2. The molecule has 0 atom stereocenters. The predicted molar refractivity (Wildman–Crippen MR) is 85.2 cm³/mol. The molecule has 3 rings (SSSR count). The largest absolute Gasteiger partial charge is 0.345 e. The molecule has 5 nitrogen and oxygen atoms in total. The normalized spacial score (nSPS) is 10.6. The SMILES string of the molecule is O=C(Nc1ccc(Cl)c(Cl)c1)Nc1ccc2nc[nH]c2c1. The maximum absolute atomic E-state index is 11.9. The molecule has 0 aliphatic carbocycles. The number of nitrogens with one attached hydrogen (secondary N) is 3. The minimum atomic E-state index is -0.368. The molecule has 0 saturated carbocycles. The molecule has 7 heteroatoms. The minimum Gasteiger partial charge on any atom is -0.345 e. The quantitative estimate of drug-likeness (QED) is 0.650. The van der Waals surface area contributed by atoms with E-state index in [4.69, 9.17) is 23.2 Å². The van der Waals surface area contributed by atoms with Gasteiger partial charge in [0.15, 0.2) is 0 Å². The number of imidazole rings is 1. The van der Waals surface area contributed by atoms with Crippen LogP contribution in [0.25, 0.3) is 11.0 Å². The smallest absolute Gasteiger partial charge is 0.323 e. The van der Waals surface area contributed by atoms with E-state index >= 15 is 0 Å². The molecule has 0 radical (unpaired) electrons. The van der Waals surface area contributed by atoms with Gasteiger partial charge in [-0.05, 0) is 36.4 Å². The van der Waals surface area contributed by atoms with Gasteiger partial charge in [-0.1, -0.05) is 23.2 Å². The van der Waals surface area contributed by atoms with Gasteiger partial charge in [0.1, 0.15) is 0 Å². The number of hydrogen-bond acceptors (Lipinski definition) is 2. The van der Waals surface area contributed by atoms with E-state index in [1.54, 1.807) is 36.7 Å². The zero-order valence-electron chi connectivity index (χ0n) is 10.7. The Morgan fingerprint density at radius 3 is 2.48 bits per heavy atom. The maximum atomic E-state index is 11.9. The van der Waals surface area contributed by atoms with Crippen molar-refractivity contribution in [3.63, 3.8) is 0 Å². The van der Waals surface area contributed by atoms with Crippen molar-refractivity contribution in [2.24, 2.45) is 0 Å². The number of fused-ring (bicyclic) bond motifs is 1. The van der Waals surface area contributed by atoms with Crippen LogP contribution in [0.15, 0.2) is 42.7 Å². The summed E-state index contributed by atoms with van der Waals surface area (Å²) in [6.07, 6.45) is 1.60. The Labute approximate surface area is 130 Å². The molecule has 0 aliphatic rings. The number of carbonyl (C=O) groups is 1. The van der Waals surface area contributed by atoms with Gasteiger partial charge in [-0.2, -0.15) is 0 Å². The van der Waals surface area contributed by atoms with Gasteiger partial charge in [0, 0.05) is 11.4 Å². The summed E-state index contributed by atoms with van der Waals surface area (Å²) in [4.78, 5) is 19.0. The Bertz CT molecular complexity index is 816. The Morgan fingerprint density at radius 2 is 1.71 bits per heavy atom. The van der Waals surface area contributed by atoms with Gasteiger partial charge in [0.25, 0.3) is 0 Å². The van der Waals surface area contributed by atoms with Crippen LogP contribution < -0.4 is 10.6 Å². The monoisotopic (exact) mass is 320 g/mol. The van der Waals surface area contributed by atoms with E-state index in [0.717, 1.165) is 11.0 Å². The first-order valence-corrected chi connectivity index (χ1v) is 6.83. The molecule has 1 heterocycles. The molecule has 21 heavy (non-hydrogen) atoms. The van der Waals surface area contributed by atoms with Crippen LogP contribution in [0.1, 0.15) is 0 Å². The first-order valence-electron chi connectivity index (χ1n) is 6.08. The number of benzene rings is 2. The molecular formula is C14H10Cl2N4O. The maximum Gasteiger partial charge on any atom is 0.323 e. The summed E-state index contributed by atoms with van der Waals surface area (Å²) in [7, 11) is 0. The van der Waals surface area contributed by atoms with Crippen molar-refractivity contribution in [2.45, 2.75) is 0 Å². The molecule has 2 aromatic carbocycles. The number of rotatable bonds is 2. The molecule has 1 aromatic heterocycles. The highest BCUT2D eigenvalue weighted by molar-refractivity contribution is 6.42. The third-order valence-corrected chi connectivity index (χ3v) is 3.59. The van der Waals surface area contributed by atoms with Gasteiger partial charge in [0.2, 0.25) is 0 Å². The summed E-state index contributed by atoms with van der Waals surface area (Å²) in [5.74, 6) is 0. The van der Waals surface area contributed by atoms with Gasteiger partial charge >= 0.3 is 6.03 Å². The van der Waals surface area contributed by atoms with Crippen molar-refractivity contribution in [3.05, 3.63) is 52.8 Å².